The van der Waals surface area contributed by atoms with Crippen molar-refractivity contribution in [3.05, 3.63) is 46.0 Å². The summed E-state index contributed by atoms with van der Waals surface area (Å²) in [5.74, 6) is -0.405. The number of aliphatic imine (C=N–C) groups is 1. The van der Waals surface area contributed by atoms with Gasteiger partial charge in [0.05, 0.1) is 10.9 Å². The maximum Gasteiger partial charge on any atom is 0.348 e. The first-order valence-electron chi connectivity index (χ1n) is 5.77. The molecule has 0 atom stereocenters. The number of imide groups is 1. The van der Waals surface area contributed by atoms with Crippen LogP contribution in [0.15, 0.2) is 34.3 Å². The molecule has 2 aromatic rings. The van der Waals surface area contributed by atoms with Gasteiger partial charge in [-0.05, 0) is 22.4 Å². The van der Waals surface area contributed by atoms with E-state index in [2.05, 4.69) is 15.3 Å². The predicted molar refractivity (Wildman–Crippen MR) is 81.0 cm³/mol. The second-order valence-corrected chi connectivity index (χ2v) is 4.40. The van der Waals surface area contributed by atoms with E-state index in [1.807, 2.05) is 18.2 Å². The topological polar surface area (TPSA) is 70.9 Å². The molecule has 2 aromatic carbocycles. The third-order valence-corrected chi connectivity index (χ3v) is 3.34. The molecule has 0 bridgehead atoms. The maximum atomic E-state index is 11.7. The normalized spacial score (nSPS) is 14.8. The van der Waals surface area contributed by atoms with Crippen LogP contribution in [0.5, 0.6) is 0 Å². The maximum absolute atomic E-state index is 11.7. The van der Waals surface area contributed by atoms with E-state index in [9.17, 15) is 9.59 Å². The molecule has 0 saturated heterocycles. The van der Waals surface area contributed by atoms with Crippen molar-refractivity contribution in [2.45, 2.75) is 0 Å². The molecular weight excluding hydrogens is 270 g/mol. The van der Waals surface area contributed by atoms with Gasteiger partial charge in [-0.25, -0.2) is 4.79 Å². The van der Waals surface area contributed by atoms with E-state index in [1.54, 1.807) is 18.5 Å². The molecular formula is C14H11N3O2Si. The lowest BCUT2D eigenvalue weighted by atomic mass is 10.0. The molecule has 0 unspecified atom stereocenters. The van der Waals surface area contributed by atoms with Crippen LogP contribution >= 0.6 is 0 Å². The number of amides is 3. The zero-order valence-corrected chi connectivity index (χ0v) is 9.68. The van der Waals surface area contributed by atoms with Crippen molar-refractivity contribution in [2.75, 3.05) is 0 Å². The first-order valence-corrected chi connectivity index (χ1v) is 5.77. The zero-order chi connectivity index (χ0) is 13.0. The van der Waals surface area contributed by atoms with Gasteiger partial charge >= 0.3 is 6.03 Å². The largest absolute Gasteiger partial charge is 0.348 e. The SMILES string of the molecule is O=C1N=c2c(ccc3c4c(ccc23)C=NC=4)C(=O)N1.[SiH4]. The van der Waals surface area contributed by atoms with Crippen LogP contribution in [0, 0.1) is 0 Å². The van der Waals surface area contributed by atoms with E-state index in [1.165, 1.54) is 0 Å². The molecule has 3 amide bonds. The molecule has 20 heavy (non-hydrogen) atoms. The van der Waals surface area contributed by atoms with Crippen molar-refractivity contribution in [3.8, 4) is 0 Å². The Morgan fingerprint density at radius 3 is 2.65 bits per heavy atom. The smallest absolute Gasteiger partial charge is 0.272 e. The van der Waals surface area contributed by atoms with Gasteiger partial charge in [0, 0.05) is 28.6 Å². The quantitative estimate of drug-likeness (QED) is 0.632. The lowest BCUT2D eigenvalue weighted by molar-refractivity contribution is 0.0961. The van der Waals surface area contributed by atoms with Crippen LogP contribution in [0.25, 0.3) is 17.0 Å². The highest BCUT2D eigenvalue weighted by atomic mass is 28.1. The number of benzene rings is 2. The molecule has 98 valence electrons. The van der Waals surface area contributed by atoms with Gasteiger partial charge in [0.1, 0.15) is 0 Å². The molecule has 5 nitrogen and oxygen atoms in total. The van der Waals surface area contributed by atoms with Crippen molar-refractivity contribution < 1.29 is 9.59 Å². The minimum absolute atomic E-state index is 0. The molecule has 0 aromatic heterocycles. The third-order valence-electron chi connectivity index (χ3n) is 3.34. The molecule has 0 radical (unpaired) electrons. The fourth-order valence-corrected chi connectivity index (χ4v) is 2.48. The monoisotopic (exact) mass is 281 g/mol. The van der Waals surface area contributed by atoms with Crippen molar-refractivity contribution in [2.24, 2.45) is 9.98 Å². The number of rotatable bonds is 0. The molecule has 2 heterocycles. The van der Waals surface area contributed by atoms with Crippen LogP contribution in [-0.2, 0) is 0 Å². The average molecular weight is 281 g/mol. The summed E-state index contributed by atoms with van der Waals surface area (Å²) in [6.07, 6.45) is 3.55. The van der Waals surface area contributed by atoms with Crippen molar-refractivity contribution in [1.82, 2.24) is 5.32 Å². The Morgan fingerprint density at radius 2 is 1.80 bits per heavy atom. The Hall–Kier alpha value is -2.60. The van der Waals surface area contributed by atoms with Crippen molar-refractivity contribution in [1.29, 1.82) is 0 Å². The van der Waals surface area contributed by atoms with E-state index >= 15 is 0 Å². The lowest BCUT2D eigenvalue weighted by Crippen LogP contribution is -2.38. The summed E-state index contributed by atoms with van der Waals surface area (Å²) in [6.45, 7) is 0. The minimum atomic E-state index is -0.620. The molecule has 4 rings (SSSR count). The molecule has 1 N–H and O–H groups in total. The van der Waals surface area contributed by atoms with Crippen LogP contribution < -0.4 is 15.9 Å². The number of carbonyl (C=O) groups excluding carboxylic acids is 2. The molecule has 6 heteroatoms. The van der Waals surface area contributed by atoms with Crippen LogP contribution in [0.3, 0.4) is 0 Å². The number of hydrogen-bond acceptors (Lipinski definition) is 3. The Kier molecular flexibility index (Phi) is 2.61. The number of nitrogens with one attached hydrogen (secondary N) is 1. The summed E-state index contributed by atoms with van der Waals surface area (Å²) >= 11 is 0. The second-order valence-electron chi connectivity index (χ2n) is 4.40. The summed E-state index contributed by atoms with van der Waals surface area (Å²) in [7, 11) is 0. The number of nitrogens with zero attached hydrogens (tertiary/aromatic N) is 2. The van der Waals surface area contributed by atoms with Gasteiger partial charge in [-0.15, -0.1) is 0 Å². The number of hydrogen-bond donors (Lipinski definition) is 1. The fourth-order valence-electron chi connectivity index (χ4n) is 2.48. The zero-order valence-electron chi connectivity index (χ0n) is 9.68. The van der Waals surface area contributed by atoms with Gasteiger partial charge in [0.25, 0.3) is 5.91 Å². The Morgan fingerprint density at radius 1 is 1.00 bits per heavy atom. The Balaban J connectivity index is 0.00000121. The van der Waals surface area contributed by atoms with Gasteiger partial charge in [-0.1, -0.05) is 18.2 Å². The van der Waals surface area contributed by atoms with Crippen LogP contribution in [-0.4, -0.2) is 29.1 Å². The van der Waals surface area contributed by atoms with E-state index < -0.39 is 11.9 Å². The van der Waals surface area contributed by atoms with E-state index in [0.29, 0.717) is 10.9 Å². The molecule has 2 aliphatic heterocycles. The summed E-state index contributed by atoms with van der Waals surface area (Å²) in [5, 5.41) is 5.35. The van der Waals surface area contributed by atoms with Crippen LogP contribution in [0.2, 0.25) is 0 Å². The second kappa shape index (κ2) is 4.21. The first kappa shape index (κ1) is 12.4. The van der Waals surface area contributed by atoms with Crippen molar-refractivity contribution in [3.63, 3.8) is 0 Å². The van der Waals surface area contributed by atoms with Crippen LogP contribution in [0.4, 0.5) is 4.79 Å². The highest BCUT2D eigenvalue weighted by Crippen LogP contribution is 2.12. The van der Waals surface area contributed by atoms with Crippen LogP contribution in [0.1, 0.15) is 15.9 Å². The van der Waals surface area contributed by atoms with E-state index in [-0.39, 0.29) is 11.0 Å². The van der Waals surface area contributed by atoms with E-state index in [4.69, 9.17) is 0 Å². The predicted octanol–water partition coefficient (Wildman–Crippen LogP) is -0.958. The summed E-state index contributed by atoms with van der Waals surface area (Å²) in [5.41, 5.74) is 1.45. The van der Waals surface area contributed by atoms with E-state index in [0.717, 1.165) is 21.6 Å². The highest BCUT2D eigenvalue weighted by molar-refractivity contribution is 6.09. The molecule has 2 aliphatic rings. The summed E-state index contributed by atoms with van der Waals surface area (Å²) in [4.78, 5) is 31.2. The fraction of sp³-hybridized carbons (Fsp3) is 0. The summed E-state index contributed by atoms with van der Waals surface area (Å²) < 4.78 is 0. The minimum Gasteiger partial charge on any atom is -0.272 e. The lowest BCUT2D eigenvalue weighted by Gasteiger charge is -2.10. The van der Waals surface area contributed by atoms with Crippen molar-refractivity contribution >= 4 is 46.1 Å². The molecule has 0 aliphatic carbocycles. The molecule has 0 fully saturated rings. The molecule has 0 saturated carbocycles. The third kappa shape index (κ3) is 1.55. The van der Waals surface area contributed by atoms with Gasteiger partial charge in [-0.3, -0.25) is 15.1 Å². The van der Waals surface area contributed by atoms with Gasteiger partial charge < -0.3 is 0 Å². The number of fused-ring (bicyclic) bond motifs is 5. The number of carbonyl (C=O) groups is 2. The van der Waals surface area contributed by atoms with Gasteiger partial charge in [0.2, 0.25) is 0 Å². The molecule has 0 spiro atoms. The Labute approximate surface area is 117 Å². The average Bonchev–Trinajstić information content (AvgIpc) is 2.86. The van der Waals surface area contributed by atoms with Gasteiger partial charge in [0.15, 0.2) is 0 Å². The first-order chi connectivity index (χ1) is 9.24. The highest BCUT2D eigenvalue weighted by Gasteiger charge is 2.19. The summed E-state index contributed by atoms with van der Waals surface area (Å²) in [6, 6.07) is 6.72. The standard InChI is InChI=1S/C14H7N3O2.H4Si/c18-13-10-4-3-8-9(12(10)16-14(19)17-13)2-1-7-5-15-6-11(7)8;/h1-6H,(H,17,18,19);1H4. The Bertz CT molecular complexity index is 932. The van der Waals surface area contributed by atoms with Gasteiger partial charge in [-0.2, -0.15) is 4.99 Å². The number of urea groups is 1.